The molecule has 0 aliphatic carbocycles. The van der Waals surface area contributed by atoms with Crippen LogP contribution in [0, 0.1) is 6.92 Å². The number of pyridine rings is 1. The topological polar surface area (TPSA) is 47.0 Å². The molecule has 0 aromatic carbocycles. The molecule has 1 aromatic rings. The SMILES string of the molecule is CC.CC.CC.Cc1ncc(Cl)cc1S(C)(=O)=O. The highest BCUT2D eigenvalue weighted by atomic mass is 35.5. The van der Waals surface area contributed by atoms with E-state index in [4.69, 9.17) is 11.6 Å². The van der Waals surface area contributed by atoms with Gasteiger partial charge < -0.3 is 0 Å². The third-order valence-electron chi connectivity index (χ3n) is 1.41. The van der Waals surface area contributed by atoms with Gasteiger partial charge in [0.05, 0.1) is 15.6 Å². The van der Waals surface area contributed by atoms with Crippen molar-refractivity contribution in [3.63, 3.8) is 0 Å². The number of rotatable bonds is 1. The Labute approximate surface area is 118 Å². The Morgan fingerprint density at radius 1 is 1.06 bits per heavy atom. The Balaban J connectivity index is -0.000000328. The third kappa shape index (κ3) is 9.42. The van der Waals surface area contributed by atoms with Crippen LogP contribution in [0.2, 0.25) is 5.02 Å². The number of nitrogens with zero attached hydrogens (tertiary/aromatic N) is 1. The molecule has 0 saturated carbocycles. The van der Waals surface area contributed by atoms with Crippen LogP contribution < -0.4 is 0 Å². The van der Waals surface area contributed by atoms with Crippen molar-refractivity contribution in [2.24, 2.45) is 0 Å². The van der Waals surface area contributed by atoms with Crippen LogP contribution in [-0.4, -0.2) is 19.7 Å². The monoisotopic (exact) mass is 295 g/mol. The summed E-state index contributed by atoms with van der Waals surface area (Å²) in [4.78, 5) is 4.02. The van der Waals surface area contributed by atoms with Gasteiger partial charge in [0.15, 0.2) is 9.84 Å². The Bertz CT molecular complexity index is 403. The van der Waals surface area contributed by atoms with E-state index < -0.39 is 9.84 Å². The van der Waals surface area contributed by atoms with Gasteiger partial charge in [-0.05, 0) is 13.0 Å². The van der Waals surface area contributed by atoms with E-state index in [1.54, 1.807) is 6.92 Å². The molecular formula is C13H26ClNO2S. The predicted octanol–water partition coefficient (Wildman–Crippen LogP) is 4.53. The standard InChI is InChI=1S/C7H8ClNO2S.3C2H6/c1-5-7(12(2,10)11)3-6(8)4-9-5;3*1-2/h3-4H,1-2H3;3*1-2H3. The first-order valence-electron chi connectivity index (χ1n) is 6.23. The van der Waals surface area contributed by atoms with Crippen LogP contribution in [0.25, 0.3) is 0 Å². The molecule has 0 radical (unpaired) electrons. The summed E-state index contributed by atoms with van der Waals surface area (Å²) in [6.45, 7) is 13.6. The first-order valence-corrected chi connectivity index (χ1v) is 8.50. The average molecular weight is 296 g/mol. The summed E-state index contributed by atoms with van der Waals surface area (Å²) in [5.41, 5.74) is 0.474. The molecule has 0 saturated heterocycles. The molecule has 0 N–H and O–H groups in total. The van der Waals surface area contributed by atoms with Gasteiger partial charge in [0.2, 0.25) is 0 Å². The molecule has 0 atom stereocenters. The number of aromatic nitrogens is 1. The molecule has 1 heterocycles. The quantitative estimate of drug-likeness (QED) is 0.765. The van der Waals surface area contributed by atoms with Crippen LogP contribution >= 0.6 is 11.6 Å². The second-order valence-corrected chi connectivity index (χ2v) is 4.93. The summed E-state index contributed by atoms with van der Waals surface area (Å²) in [6.07, 6.45) is 2.55. The Hall–Kier alpha value is -0.610. The molecule has 0 amide bonds. The fourth-order valence-corrected chi connectivity index (χ4v) is 2.02. The Kier molecular flexibility index (Phi) is 16.1. The molecule has 3 nitrogen and oxygen atoms in total. The number of sulfone groups is 1. The van der Waals surface area contributed by atoms with E-state index in [0.29, 0.717) is 10.7 Å². The number of halogens is 1. The van der Waals surface area contributed by atoms with Crippen molar-refractivity contribution in [3.8, 4) is 0 Å². The highest BCUT2D eigenvalue weighted by molar-refractivity contribution is 7.90. The molecule has 0 fully saturated rings. The van der Waals surface area contributed by atoms with Gasteiger partial charge in [0.1, 0.15) is 0 Å². The normalized spacial score (nSPS) is 8.72. The van der Waals surface area contributed by atoms with Crippen LogP contribution in [0.4, 0.5) is 0 Å². The van der Waals surface area contributed by atoms with Crippen LogP contribution in [0.1, 0.15) is 47.2 Å². The first-order chi connectivity index (χ1) is 8.41. The van der Waals surface area contributed by atoms with Crippen LogP contribution in [-0.2, 0) is 9.84 Å². The fourth-order valence-electron chi connectivity index (χ4n) is 0.864. The molecule has 5 heteroatoms. The lowest BCUT2D eigenvalue weighted by Crippen LogP contribution is -2.01. The van der Waals surface area contributed by atoms with E-state index in [9.17, 15) is 8.42 Å². The molecule has 0 spiro atoms. The van der Waals surface area contributed by atoms with E-state index in [1.807, 2.05) is 41.5 Å². The van der Waals surface area contributed by atoms with Crippen LogP contribution in [0.3, 0.4) is 0 Å². The molecule has 18 heavy (non-hydrogen) atoms. The fraction of sp³-hybridized carbons (Fsp3) is 0.615. The summed E-state index contributed by atoms with van der Waals surface area (Å²) in [5, 5.41) is 0.334. The zero-order chi connectivity index (χ0) is 15.4. The lowest BCUT2D eigenvalue weighted by Gasteiger charge is -2.01. The molecule has 1 rings (SSSR count). The lowest BCUT2D eigenvalue weighted by atomic mass is 10.4. The highest BCUT2D eigenvalue weighted by Crippen LogP contribution is 2.17. The smallest absolute Gasteiger partial charge is 0.177 e. The molecule has 0 aliphatic rings. The minimum absolute atomic E-state index is 0.190. The average Bonchev–Trinajstić information content (AvgIpc) is 2.38. The number of hydrogen-bond acceptors (Lipinski definition) is 3. The van der Waals surface area contributed by atoms with E-state index in [1.165, 1.54) is 12.3 Å². The van der Waals surface area contributed by atoms with Crippen molar-refractivity contribution in [2.75, 3.05) is 6.26 Å². The van der Waals surface area contributed by atoms with Gasteiger partial charge in [-0.3, -0.25) is 4.98 Å². The summed E-state index contributed by atoms with van der Waals surface area (Å²) in [6, 6.07) is 1.40. The molecule has 0 bridgehead atoms. The van der Waals surface area contributed by atoms with Crippen molar-refractivity contribution in [1.29, 1.82) is 0 Å². The molecule has 108 valence electrons. The van der Waals surface area contributed by atoms with Crippen molar-refractivity contribution in [2.45, 2.75) is 53.4 Å². The van der Waals surface area contributed by atoms with Gasteiger partial charge in [-0.15, -0.1) is 0 Å². The Morgan fingerprint density at radius 3 is 1.72 bits per heavy atom. The van der Waals surface area contributed by atoms with Crippen molar-refractivity contribution in [3.05, 3.63) is 23.0 Å². The van der Waals surface area contributed by atoms with Gasteiger partial charge in [0.25, 0.3) is 0 Å². The summed E-state index contributed by atoms with van der Waals surface area (Å²) in [5.74, 6) is 0. The zero-order valence-electron chi connectivity index (χ0n) is 12.7. The van der Waals surface area contributed by atoms with Gasteiger partial charge in [-0.2, -0.15) is 0 Å². The minimum atomic E-state index is -3.20. The van der Waals surface area contributed by atoms with Gasteiger partial charge in [-0.25, -0.2) is 8.42 Å². The molecular weight excluding hydrogens is 270 g/mol. The van der Waals surface area contributed by atoms with Crippen molar-refractivity contribution < 1.29 is 8.42 Å². The van der Waals surface area contributed by atoms with Crippen LogP contribution in [0.5, 0.6) is 0 Å². The molecule has 0 unspecified atom stereocenters. The largest absolute Gasteiger partial charge is 0.259 e. The summed E-state index contributed by atoms with van der Waals surface area (Å²) < 4.78 is 22.2. The maximum atomic E-state index is 11.1. The van der Waals surface area contributed by atoms with Gasteiger partial charge >= 0.3 is 0 Å². The maximum Gasteiger partial charge on any atom is 0.177 e. The predicted molar refractivity (Wildman–Crippen MR) is 81.1 cm³/mol. The molecule has 0 aliphatic heterocycles. The highest BCUT2D eigenvalue weighted by Gasteiger charge is 2.11. The number of hydrogen-bond donors (Lipinski definition) is 0. The molecule has 1 aromatic heterocycles. The van der Waals surface area contributed by atoms with Crippen LogP contribution in [0.15, 0.2) is 17.2 Å². The van der Waals surface area contributed by atoms with Crippen molar-refractivity contribution in [1.82, 2.24) is 4.98 Å². The third-order valence-corrected chi connectivity index (χ3v) is 2.83. The second kappa shape index (κ2) is 12.8. The van der Waals surface area contributed by atoms with E-state index in [-0.39, 0.29) is 4.90 Å². The maximum absolute atomic E-state index is 11.1. The second-order valence-electron chi connectivity index (χ2n) is 2.51. The van der Waals surface area contributed by atoms with E-state index in [0.717, 1.165) is 6.26 Å². The van der Waals surface area contributed by atoms with Crippen molar-refractivity contribution >= 4 is 21.4 Å². The zero-order valence-corrected chi connectivity index (χ0v) is 14.3. The van der Waals surface area contributed by atoms with E-state index in [2.05, 4.69) is 4.98 Å². The number of aryl methyl sites for hydroxylation is 1. The lowest BCUT2D eigenvalue weighted by molar-refractivity contribution is 0.600. The minimum Gasteiger partial charge on any atom is -0.259 e. The summed E-state index contributed by atoms with van der Waals surface area (Å²) >= 11 is 5.60. The van der Waals surface area contributed by atoms with Gasteiger partial charge in [-0.1, -0.05) is 53.1 Å². The Morgan fingerprint density at radius 2 is 1.44 bits per heavy atom. The van der Waals surface area contributed by atoms with Gasteiger partial charge in [0, 0.05) is 12.5 Å². The van der Waals surface area contributed by atoms with E-state index >= 15 is 0 Å². The first kappa shape index (κ1) is 22.6. The summed E-state index contributed by atoms with van der Waals surface area (Å²) in [7, 11) is -3.20.